The molecule has 0 bridgehead atoms. The van der Waals surface area contributed by atoms with Crippen LogP contribution in [0.1, 0.15) is 35.4 Å². The van der Waals surface area contributed by atoms with Crippen LogP contribution >= 0.6 is 0 Å². The van der Waals surface area contributed by atoms with Gasteiger partial charge in [-0.05, 0) is 47.9 Å². The highest BCUT2D eigenvalue weighted by Crippen LogP contribution is 2.43. The Hall–Kier alpha value is -5.41. The first-order chi connectivity index (χ1) is 25.3. The van der Waals surface area contributed by atoms with Gasteiger partial charge in [-0.25, -0.2) is 14.5 Å². The van der Waals surface area contributed by atoms with E-state index in [0.717, 1.165) is 16.7 Å². The molecule has 1 saturated heterocycles. The summed E-state index contributed by atoms with van der Waals surface area (Å²) < 4.78 is 44.9. The quantitative estimate of drug-likeness (QED) is 0.0878. The molecule has 52 heavy (non-hydrogen) atoms. The van der Waals surface area contributed by atoms with Crippen LogP contribution in [0.5, 0.6) is 11.5 Å². The molecule has 0 amide bonds. The number of nitrogens with zero attached hydrogens (tertiary/aromatic N) is 5. The van der Waals surface area contributed by atoms with Gasteiger partial charge in [-0.3, -0.25) is 9.36 Å². The third-order valence-corrected chi connectivity index (χ3v) is 8.84. The molecule has 1 fully saturated rings. The first-order valence-electron chi connectivity index (χ1n) is 16.7. The summed E-state index contributed by atoms with van der Waals surface area (Å²) >= 11 is 0. The molecule has 4 atom stereocenters. The predicted octanol–water partition coefficient (Wildman–Crippen LogP) is 4.02. The van der Waals surface area contributed by atoms with Gasteiger partial charge < -0.3 is 33.2 Å². The van der Waals surface area contributed by atoms with Gasteiger partial charge in [0, 0.05) is 25.8 Å². The summed E-state index contributed by atoms with van der Waals surface area (Å²) in [5.74, 6) is 1.12. The van der Waals surface area contributed by atoms with Crippen LogP contribution in [0.4, 0.5) is 0 Å². The summed E-state index contributed by atoms with van der Waals surface area (Å²) in [5, 5.41) is 4.12. The molecule has 2 aromatic heterocycles. The highest BCUT2D eigenvalue weighted by atomic mass is 16.6. The lowest BCUT2D eigenvalue weighted by Gasteiger charge is -2.37. The van der Waals surface area contributed by atoms with Crippen LogP contribution in [0.2, 0.25) is 0 Å². The van der Waals surface area contributed by atoms with E-state index in [9.17, 15) is 9.59 Å². The number of rotatable bonds is 15. The molecule has 6 rings (SSSR count). The molecule has 0 spiro atoms. The molecule has 1 aliphatic heterocycles. The minimum Gasteiger partial charge on any atom is -0.497 e. The molecule has 14 nitrogen and oxygen atoms in total. The van der Waals surface area contributed by atoms with Gasteiger partial charge in [0.25, 0.3) is 0 Å². The van der Waals surface area contributed by atoms with Crippen molar-refractivity contribution in [1.82, 2.24) is 24.3 Å². The van der Waals surface area contributed by atoms with Gasteiger partial charge in [0.1, 0.15) is 42.0 Å². The Balaban J connectivity index is 1.44. The SMILES string of the molecule is COCCOC1C(OC(C)=O)C(COC(c2ccccc2)(c2ccc(OC)cc2)c2ccc(OC)cc2)OC1n1cc(C)c(-n2cncn2)nc1=O. The van der Waals surface area contributed by atoms with Crippen LogP contribution in [0.15, 0.2) is 103 Å². The zero-order chi connectivity index (χ0) is 36.7. The number of hydrogen-bond donors (Lipinski definition) is 0. The van der Waals surface area contributed by atoms with Crippen molar-refractivity contribution in [2.75, 3.05) is 41.2 Å². The molecule has 0 saturated carbocycles. The van der Waals surface area contributed by atoms with Crippen LogP contribution in [0.3, 0.4) is 0 Å². The van der Waals surface area contributed by atoms with Crippen molar-refractivity contribution >= 4 is 5.97 Å². The summed E-state index contributed by atoms with van der Waals surface area (Å²) in [6.45, 7) is 3.39. The van der Waals surface area contributed by atoms with Crippen molar-refractivity contribution in [2.45, 2.75) is 44.0 Å². The largest absolute Gasteiger partial charge is 0.497 e. The van der Waals surface area contributed by atoms with Crippen molar-refractivity contribution in [2.24, 2.45) is 0 Å². The lowest BCUT2D eigenvalue weighted by Crippen LogP contribution is -2.43. The van der Waals surface area contributed by atoms with Crippen LogP contribution in [-0.2, 0) is 34.1 Å². The Morgan fingerprint density at radius 2 is 1.50 bits per heavy atom. The summed E-state index contributed by atoms with van der Waals surface area (Å²) in [6.07, 6.45) is 0.555. The van der Waals surface area contributed by atoms with Crippen molar-refractivity contribution in [3.63, 3.8) is 0 Å². The van der Waals surface area contributed by atoms with E-state index in [2.05, 4.69) is 15.1 Å². The normalized spacial score (nSPS) is 18.6. The fourth-order valence-electron chi connectivity index (χ4n) is 6.42. The molecule has 1 aliphatic rings. The Labute approximate surface area is 300 Å². The molecule has 3 aromatic carbocycles. The average Bonchev–Trinajstić information content (AvgIpc) is 3.82. The van der Waals surface area contributed by atoms with Crippen LogP contribution in [-0.4, -0.2) is 89.7 Å². The van der Waals surface area contributed by atoms with E-state index in [1.165, 1.54) is 28.8 Å². The number of carbonyl (C=O) groups excluding carboxylic acids is 1. The number of esters is 1. The molecule has 14 heteroatoms. The van der Waals surface area contributed by atoms with E-state index in [1.807, 2.05) is 78.9 Å². The maximum atomic E-state index is 13.6. The second-order valence-electron chi connectivity index (χ2n) is 12.1. The highest BCUT2D eigenvalue weighted by molar-refractivity contribution is 5.66. The summed E-state index contributed by atoms with van der Waals surface area (Å²) in [5.41, 5.74) is 1.24. The van der Waals surface area contributed by atoms with E-state index in [4.69, 9.17) is 33.2 Å². The van der Waals surface area contributed by atoms with Gasteiger partial charge in [0.15, 0.2) is 18.1 Å². The smallest absolute Gasteiger partial charge is 0.351 e. The Morgan fingerprint density at radius 1 is 0.865 bits per heavy atom. The minimum absolute atomic E-state index is 0.0935. The Kier molecular flexibility index (Phi) is 11.4. The van der Waals surface area contributed by atoms with Crippen LogP contribution in [0.25, 0.3) is 5.82 Å². The van der Waals surface area contributed by atoms with E-state index < -0.39 is 41.8 Å². The second-order valence-corrected chi connectivity index (χ2v) is 12.1. The fraction of sp³-hybridized carbons (Fsp3) is 0.342. The van der Waals surface area contributed by atoms with E-state index in [0.29, 0.717) is 22.9 Å². The molecule has 4 unspecified atom stereocenters. The zero-order valence-corrected chi connectivity index (χ0v) is 29.6. The van der Waals surface area contributed by atoms with E-state index >= 15 is 0 Å². The van der Waals surface area contributed by atoms with Gasteiger partial charge in [-0.15, -0.1) is 0 Å². The van der Waals surface area contributed by atoms with Crippen molar-refractivity contribution in [3.8, 4) is 17.3 Å². The number of methoxy groups -OCH3 is 3. The molecule has 3 heterocycles. The Morgan fingerprint density at radius 3 is 2.06 bits per heavy atom. The lowest BCUT2D eigenvalue weighted by atomic mass is 9.80. The van der Waals surface area contributed by atoms with E-state index in [-0.39, 0.29) is 19.8 Å². The number of aromatic nitrogens is 5. The van der Waals surface area contributed by atoms with E-state index in [1.54, 1.807) is 34.4 Å². The maximum Gasteiger partial charge on any atom is 0.351 e. The van der Waals surface area contributed by atoms with Gasteiger partial charge >= 0.3 is 11.7 Å². The van der Waals surface area contributed by atoms with Gasteiger partial charge in [-0.1, -0.05) is 54.6 Å². The van der Waals surface area contributed by atoms with Gasteiger partial charge in [0.05, 0.1) is 34.0 Å². The second kappa shape index (κ2) is 16.3. The fourth-order valence-corrected chi connectivity index (χ4v) is 6.42. The number of aryl methyl sites for hydroxylation is 1. The highest BCUT2D eigenvalue weighted by Gasteiger charge is 2.51. The summed E-state index contributed by atoms with van der Waals surface area (Å²) in [4.78, 5) is 34.5. The third-order valence-electron chi connectivity index (χ3n) is 8.84. The Bertz CT molecular complexity index is 1920. The average molecular weight is 712 g/mol. The minimum atomic E-state index is -1.19. The predicted molar refractivity (Wildman–Crippen MR) is 187 cm³/mol. The van der Waals surface area contributed by atoms with Crippen LogP contribution < -0.4 is 15.2 Å². The van der Waals surface area contributed by atoms with Crippen LogP contribution in [0, 0.1) is 6.92 Å². The third kappa shape index (κ3) is 7.46. The molecular weight excluding hydrogens is 670 g/mol. The van der Waals surface area contributed by atoms with Gasteiger partial charge in [-0.2, -0.15) is 10.1 Å². The molecular formula is C38H41N5O9. The first kappa shape index (κ1) is 36.4. The van der Waals surface area contributed by atoms with Crippen molar-refractivity contribution in [1.29, 1.82) is 0 Å². The molecule has 0 radical (unpaired) electrons. The summed E-state index contributed by atoms with van der Waals surface area (Å²) in [6, 6.07) is 25.0. The monoisotopic (exact) mass is 711 g/mol. The number of benzene rings is 3. The number of hydrogen-bond acceptors (Lipinski definition) is 12. The van der Waals surface area contributed by atoms with Crippen molar-refractivity contribution < 1.29 is 38.0 Å². The van der Waals surface area contributed by atoms with Gasteiger partial charge in [0.2, 0.25) is 0 Å². The molecule has 5 aromatic rings. The number of ether oxygens (including phenoxy) is 7. The number of carbonyl (C=O) groups is 1. The standard InChI is InChI=1S/C38H41N5O9/c1-25-21-42(37(45)41-35(25)43-24-39-23-40-43)36-34(49-20-19-46-3)33(51-26(2)44)32(52-36)22-50-38(27-9-7-6-8-10-27,28-11-15-30(47-4)16-12-28)29-13-17-31(48-5)18-14-29/h6-18,21,23-24,32-34,36H,19-20,22H2,1-5H3. The zero-order valence-electron chi connectivity index (χ0n) is 29.6. The lowest BCUT2D eigenvalue weighted by molar-refractivity contribution is -0.158. The summed E-state index contributed by atoms with van der Waals surface area (Å²) in [7, 11) is 4.77. The topological polar surface area (TPSA) is 147 Å². The molecule has 272 valence electrons. The maximum absolute atomic E-state index is 13.6. The molecule has 0 aliphatic carbocycles. The first-order valence-corrected chi connectivity index (χ1v) is 16.7. The molecule has 0 N–H and O–H groups in total. The van der Waals surface area contributed by atoms with Crippen molar-refractivity contribution in [3.05, 3.63) is 130 Å².